The monoisotopic (exact) mass is 504 g/mol. The number of nitrogens with zero attached hydrogens (tertiary/aromatic N) is 1. The predicted molar refractivity (Wildman–Crippen MR) is 131 cm³/mol. The minimum absolute atomic E-state index is 0.0603. The van der Waals surface area contributed by atoms with E-state index in [1.165, 1.54) is 47.4 Å². The molecule has 0 fully saturated rings. The molecule has 3 rings (SSSR count). The fraction of sp³-hybridized carbons (Fsp3) is 0.292. The first-order valence-electron chi connectivity index (χ1n) is 10.7. The molecule has 2 aromatic carbocycles. The van der Waals surface area contributed by atoms with Crippen molar-refractivity contribution < 1.29 is 28.2 Å². The number of halogens is 1. The molecule has 0 radical (unpaired) electrons. The first-order chi connectivity index (χ1) is 16.4. The van der Waals surface area contributed by atoms with Gasteiger partial charge in [0.25, 0.3) is 5.91 Å². The Labute approximate surface area is 205 Å². The number of anilines is 1. The second-order valence-corrected chi connectivity index (χ2v) is 9.42. The van der Waals surface area contributed by atoms with E-state index in [1.54, 1.807) is 31.3 Å². The minimum atomic E-state index is -0.394. The standard InChI is InChI=1S/C24H25FN2O5S2/c1-4-15(3)31-19-10-16(11-20(12-19)32-18-8-6-17(25)7-9-18)23(29)27-24-26-13-22(34-24)33-14-21(28)30-5-2/h6-13,15H,4-5,14H2,1-3H3,(H,26,27,29). The number of carbonyl (C=O) groups excluding carboxylic acids is 2. The van der Waals surface area contributed by atoms with Gasteiger partial charge < -0.3 is 14.2 Å². The number of ether oxygens (including phenoxy) is 3. The van der Waals surface area contributed by atoms with E-state index in [9.17, 15) is 14.0 Å². The van der Waals surface area contributed by atoms with Gasteiger partial charge in [-0.2, -0.15) is 0 Å². The molecule has 3 aromatic rings. The van der Waals surface area contributed by atoms with Gasteiger partial charge in [-0.15, -0.1) is 11.8 Å². The highest BCUT2D eigenvalue weighted by atomic mass is 32.2. The molecule has 180 valence electrons. The molecular weight excluding hydrogens is 479 g/mol. The number of aromatic nitrogens is 1. The van der Waals surface area contributed by atoms with Crippen LogP contribution in [0.5, 0.6) is 17.2 Å². The maximum atomic E-state index is 13.2. The molecule has 0 saturated heterocycles. The van der Waals surface area contributed by atoms with Crippen LogP contribution >= 0.6 is 23.1 Å². The zero-order valence-electron chi connectivity index (χ0n) is 19.0. The summed E-state index contributed by atoms with van der Waals surface area (Å²) >= 11 is 2.55. The third kappa shape index (κ3) is 7.74. The number of benzene rings is 2. The molecule has 0 aliphatic heterocycles. The summed E-state index contributed by atoms with van der Waals surface area (Å²) in [5.41, 5.74) is 0.314. The Bertz CT molecular complexity index is 1120. The largest absolute Gasteiger partial charge is 0.491 e. The highest BCUT2D eigenvalue weighted by Gasteiger charge is 2.15. The summed E-state index contributed by atoms with van der Waals surface area (Å²) in [4.78, 5) is 28.7. The number of amides is 1. The van der Waals surface area contributed by atoms with E-state index >= 15 is 0 Å². The molecule has 1 unspecified atom stereocenters. The highest BCUT2D eigenvalue weighted by molar-refractivity contribution is 8.01. The van der Waals surface area contributed by atoms with Gasteiger partial charge in [0.1, 0.15) is 23.1 Å². The molecule has 0 saturated carbocycles. The molecule has 0 aliphatic carbocycles. The maximum Gasteiger partial charge on any atom is 0.316 e. The van der Waals surface area contributed by atoms with Crippen molar-refractivity contribution in [2.75, 3.05) is 17.7 Å². The van der Waals surface area contributed by atoms with E-state index < -0.39 is 5.91 Å². The minimum Gasteiger partial charge on any atom is -0.491 e. The van der Waals surface area contributed by atoms with Crippen molar-refractivity contribution in [1.82, 2.24) is 4.98 Å². The third-order valence-electron chi connectivity index (χ3n) is 4.45. The van der Waals surface area contributed by atoms with Crippen LogP contribution in [0.4, 0.5) is 9.52 Å². The molecule has 1 atom stereocenters. The molecule has 34 heavy (non-hydrogen) atoms. The lowest BCUT2D eigenvalue weighted by Crippen LogP contribution is -2.14. The second kappa shape index (κ2) is 12.4. The van der Waals surface area contributed by atoms with Crippen LogP contribution in [0.15, 0.2) is 52.9 Å². The van der Waals surface area contributed by atoms with Gasteiger partial charge in [0.15, 0.2) is 5.13 Å². The Kier molecular flexibility index (Phi) is 9.29. The molecule has 1 amide bonds. The number of esters is 1. The highest BCUT2D eigenvalue weighted by Crippen LogP contribution is 2.31. The average molecular weight is 505 g/mol. The van der Waals surface area contributed by atoms with Crippen LogP contribution in [0.1, 0.15) is 37.6 Å². The van der Waals surface area contributed by atoms with Gasteiger partial charge >= 0.3 is 5.97 Å². The fourth-order valence-electron chi connectivity index (χ4n) is 2.67. The lowest BCUT2D eigenvalue weighted by Gasteiger charge is -2.15. The number of thiazole rings is 1. The van der Waals surface area contributed by atoms with Crippen LogP contribution in [0.25, 0.3) is 0 Å². The van der Waals surface area contributed by atoms with E-state index in [2.05, 4.69) is 10.3 Å². The van der Waals surface area contributed by atoms with Crippen molar-refractivity contribution >= 4 is 40.1 Å². The topological polar surface area (TPSA) is 86.8 Å². The van der Waals surface area contributed by atoms with Crippen molar-refractivity contribution in [2.24, 2.45) is 0 Å². The van der Waals surface area contributed by atoms with Crippen LogP contribution in [-0.4, -0.2) is 35.3 Å². The Hall–Kier alpha value is -3.11. The lowest BCUT2D eigenvalue weighted by atomic mass is 10.2. The number of thioether (sulfide) groups is 1. The first kappa shape index (κ1) is 25.5. The summed E-state index contributed by atoms with van der Waals surface area (Å²) in [6, 6.07) is 10.5. The Morgan fingerprint density at radius 3 is 2.56 bits per heavy atom. The third-order valence-corrected chi connectivity index (χ3v) is 6.53. The summed E-state index contributed by atoms with van der Waals surface area (Å²) in [5.74, 6) is 0.378. The Balaban J connectivity index is 1.74. The lowest BCUT2D eigenvalue weighted by molar-refractivity contribution is -0.139. The smallest absolute Gasteiger partial charge is 0.316 e. The van der Waals surface area contributed by atoms with Gasteiger partial charge in [-0.3, -0.25) is 14.9 Å². The summed E-state index contributed by atoms with van der Waals surface area (Å²) in [6.07, 6.45) is 2.32. The summed E-state index contributed by atoms with van der Waals surface area (Å²) < 4.78 is 30.6. The van der Waals surface area contributed by atoms with Crippen LogP contribution in [-0.2, 0) is 9.53 Å². The predicted octanol–water partition coefficient (Wildman–Crippen LogP) is 6.16. The van der Waals surface area contributed by atoms with Crippen molar-refractivity contribution in [3.8, 4) is 17.2 Å². The maximum absolute atomic E-state index is 13.2. The van der Waals surface area contributed by atoms with Crippen molar-refractivity contribution in [1.29, 1.82) is 0 Å². The van der Waals surface area contributed by atoms with Gasteiger partial charge in [-0.05, 0) is 56.7 Å². The van der Waals surface area contributed by atoms with E-state index in [4.69, 9.17) is 14.2 Å². The number of carbonyl (C=O) groups is 2. The zero-order chi connectivity index (χ0) is 24.5. The molecule has 7 nitrogen and oxygen atoms in total. The Morgan fingerprint density at radius 1 is 1.12 bits per heavy atom. The fourth-order valence-corrected chi connectivity index (χ4v) is 4.34. The van der Waals surface area contributed by atoms with Crippen LogP contribution in [0, 0.1) is 5.82 Å². The van der Waals surface area contributed by atoms with Crippen molar-refractivity contribution in [3.05, 3.63) is 60.0 Å². The van der Waals surface area contributed by atoms with E-state index in [0.717, 1.165) is 10.6 Å². The SMILES string of the molecule is CCOC(=O)CSc1cnc(NC(=O)c2cc(Oc3ccc(F)cc3)cc(OC(C)CC)c2)s1. The molecule has 1 N–H and O–H groups in total. The van der Waals surface area contributed by atoms with E-state index in [0.29, 0.717) is 34.6 Å². The molecule has 10 heteroatoms. The second-order valence-electron chi connectivity index (χ2n) is 7.12. The zero-order valence-corrected chi connectivity index (χ0v) is 20.6. The molecule has 0 spiro atoms. The number of nitrogens with one attached hydrogen (secondary N) is 1. The first-order valence-corrected chi connectivity index (χ1v) is 12.5. The van der Waals surface area contributed by atoms with Gasteiger partial charge in [0, 0.05) is 11.6 Å². The molecule has 0 aliphatic rings. The summed E-state index contributed by atoms with van der Waals surface area (Å²) in [5, 5.41) is 3.16. The van der Waals surface area contributed by atoms with E-state index in [1.807, 2.05) is 13.8 Å². The molecule has 0 bridgehead atoms. The quantitative estimate of drug-likeness (QED) is 0.247. The van der Waals surface area contributed by atoms with Crippen molar-refractivity contribution in [2.45, 2.75) is 37.5 Å². The number of hydrogen-bond donors (Lipinski definition) is 1. The number of rotatable bonds is 11. The Morgan fingerprint density at radius 2 is 1.85 bits per heavy atom. The van der Waals surface area contributed by atoms with Gasteiger partial charge in [0.2, 0.25) is 0 Å². The van der Waals surface area contributed by atoms with Gasteiger partial charge in [-0.25, -0.2) is 9.37 Å². The molecule has 1 aromatic heterocycles. The summed E-state index contributed by atoms with van der Waals surface area (Å²) in [7, 11) is 0. The van der Waals surface area contributed by atoms with Crippen LogP contribution < -0.4 is 14.8 Å². The molecular formula is C24H25FN2O5S2. The van der Waals surface area contributed by atoms with Crippen molar-refractivity contribution in [3.63, 3.8) is 0 Å². The van der Waals surface area contributed by atoms with Crippen LogP contribution in [0.3, 0.4) is 0 Å². The molecule has 1 heterocycles. The van der Waals surface area contributed by atoms with Gasteiger partial charge in [-0.1, -0.05) is 18.3 Å². The van der Waals surface area contributed by atoms with Gasteiger partial charge in [0.05, 0.1) is 28.9 Å². The summed E-state index contributed by atoms with van der Waals surface area (Å²) in [6.45, 7) is 6.01. The van der Waals surface area contributed by atoms with E-state index in [-0.39, 0.29) is 23.6 Å². The van der Waals surface area contributed by atoms with Crippen LogP contribution in [0.2, 0.25) is 0 Å². The normalized spacial score (nSPS) is 11.5. The number of hydrogen-bond acceptors (Lipinski definition) is 8. The average Bonchev–Trinajstić information content (AvgIpc) is 3.26.